The van der Waals surface area contributed by atoms with Crippen molar-refractivity contribution in [1.82, 2.24) is 5.43 Å². The second kappa shape index (κ2) is 6.79. The zero-order valence-corrected chi connectivity index (χ0v) is 11.2. The first kappa shape index (κ1) is 14.2. The molecular formula is C14H17N3O3. The van der Waals surface area contributed by atoms with E-state index in [0.29, 0.717) is 0 Å². The SMILES string of the molecule is O=C(NN=C1CCCCCC1)c1cccc([N+](=O)[O-])c1. The number of carbonyl (C=O) groups excluding carboxylic acids is 1. The molecule has 1 N–H and O–H groups in total. The number of nitrogens with zero attached hydrogens (tertiary/aromatic N) is 2. The molecule has 2 rings (SSSR count). The van der Waals surface area contributed by atoms with Gasteiger partial charge < -0.3 is 0 Å². The van der Waals surface area contributed by atoms with Crippen molar-refractivity contribution in [3.63, 3.8) is 0 Å². The predicted octanol–water partition coefficient (Wildman–Crippen LogP) is 3.03. The first-order chi connectivity index (χ1) is 9.66. The summed E-state index contributed by atoms with van der Waals surface area (Å²) in [6.07, 6.45) is 6.44. The van der Waals surface area contributed by atoms with Crippen molar-refractivity contribution in [1.29, 1.82) is 0 Å². The van der Waals surface area contributed by atoms with Gasteiger partial charge in [0.1, 0.15) is 0 Å². The normalized spacial score (nSPS) is 15.3. The predicted molar refractivity (Wildman–Crippen MR) is 75.7 cm³/mol. The number of benzene rings is 1. The number of amides is 1. The van der Waals surface area contributed by atoms with Gasteiger partial charge >= 0.3 is 0 Å². The molecule has 6 heteroatoms. The zero-order valence-electron chi connectivity index (χ0n) is 11.2. The van der Waals surface area contributed by atoms with Crippen molar-refractivity contribution in [3.05, 3.63) is 39.9 Å². The Bertz CT molecular complexity index is 530. The lowest BCUT2D eigenvalue weighted by Gasteiger charge is -2.03. The van der Waals surface area contributed by atoms with Crippen LogP contribution in [0.5, 0.6) is 0 Å². The minimum absolute atomic E-state index is 0.0974. The number of rotatable bonds is 3. The molecule has 0 bridgehead atoms. The zero-order chi connectivity index (χ0) is 14.4. The summed E-state index contributed by atoms with van der Waals surface area (Å²) in [6.45, 7) is 0. The molecule has 0 aromatic heterocycles. The summed E-state index contributed by atoms with van der Waals surface area (Å²) >= 11 is 0. The summed E-state index contributed by atoms with van der Waals surface area (Å²) in [5, 5.41) is 14.8. The van der Waals surface area contributed by atoms with Crippen molar-refractivity contribution in [3.8, 4) is 0 Å². The van der Waals surface area contributed by atoms with Crippen LogP contribution in [-0.2, 0) is 0 Å². The molecule has 1 fully saturated rings. The van der Waals surface area contributed by atoms with E-state index < -0.39 is 10.8 Å². The molecule has 1 amide bonds. The van der Waals surface area contributed by atoms with E-state index >= 15 is 0 Å². The smallest absolute Gasteiger partial charge is 0.267 e. The molecule has 1 aliphatic carbocycles. The topological polar surface area (TPSA) is 84.6 Å². The number of carbonyl (C=O) groups is 1. The average Bonchev–Trinajstić information content (AvgIpc) is 2.73. The Kier molecular flexibility index (Phi) is 4.81. The minimum Gasteiger partial charge on any atom is -0.267 e. The maximum Gasteiger partial charge on any atom is 0.271 e. The number of nitro benzene ring substituents is 1. The highest BCUT2D eigenvalue weighted by Gasteiger charge is 2.11. The number of hydrogen-bond acceptors (Lipinski definition) is 4. The summed E-state index contributed by atoms with van der Waals surface area (Å²) in [5.41, 5.74) is 3.64. The molecule has 1 saturated carbocycles. The van der Waals surface area contributed by atoms with E-state index in [1.807, 2.05) is 0 Å². The van der Waals surface area contributed by atoms with Gasteiger partial charge in [0.2, 0.25) is 0 Å². The van der Waals surface area contributed by atoms with E-state index in [2.05, 4.69) is 10.5 Å². The summed E-state index contributed by atoms with van der Waals surface area (Å²) in [6, 6.07) is 5.64. The molecule has 0 saturated heterocycles. The van der Waals surface area contributed by atoms with Crippen LogP contribution in [-0.4, -0.2) is 16.5 Å². The maximum atomic E-state index is 11.9. The lowest BCUT2D eigenvalue weighted by atomic mass is 10.2. The van der Waals surface area contributed by atoms with Gasteiger partial charge in [-0.2, -0.15) is 5.10 Å². The van der Waals surface area contributed by atoms with E-state index in [4.69, 9.17) is 0 Å². The van der Waals surface area contributed by atoms with Gasteiger partial charge in [0.25, 0.3) is 11.6 Å². The number of hydrazone groups is 1. The molecule has 0 heterocycles. The summed E-state index contributed by atoms with van der Waals surface area (Å²) in [7, 11) is 0. The Morgan fingerprint density at radius 2 is 1.90 bits per heavy atom. The lowest BCUT2D eigenvalue weighted by Crippen LogP contribution is -2.19. The van der Waals surface area contributed by atoms with E-state index in [9.17, 15) is 14.9 Å². The Morgan fingerprint density at radius 3 is 2.55 bits per heavy atom. The molecule has 1 aromatic rings. The summed E-state index contributed by atoms with van der Waals surface area (Å²) < 4.78 is 0. The fourth-order valence-corrected chi connectivity index (χ4v) is 2.20. The summed E-state index contributed by atoms with van der Waals surface area (Å²) in [4.78, 5) is 22.1. The highest BCUT2D eigenvalue weighted by Crippen LogP contribution is 2.15. The molecular weight excluding hydrogens is 258 g/mol. The Balaban J connectivity index is 2.02. The van der Waals surface area contributed by atoms with Crippen LogP contribution in [0.1, 0.15) is 48.9 Å². The van der Waals surface area contributed by atoms with Gasteiger partial charge in [-0.15, -0.1) is 0 Å². The van der Waals surface area contributed by atoms with Crippen molar-refractivity contribution >= 4 is 17.3 Å². The summed E-state index contributed by atoms with van der Waals surface area (Å²) in [5.74, 6) is -0.412. The van der Waals surface area contributed by atoms with E-state index in [1.54, 1.807) is 0 Å². The molecule has 20 heavy (non-hydrogen) atoms. The third kappa shape index (κ3) is 3.88. The molecule has 0 unspecified atom stereocenters. The largest absolute Gasteiger partial charge is 0.271 e. The molecule has 1 aromatic carbocycles. The number of non-ortho nitro benzene ring substituents is 1. The van der Waals surface area contributed by atoms with Crippen LogP contribution in [0.4, 0.5) is 5.69 Å². The second-order valence-corrected chi connectivity index (χ2v) is 4.84. The maximum absolute atomic E-state index is 11.9. The lowest BCUT2D eigenvalue weighted by molar-refractivity contribution is -0.384. The number of hydrogen-bond donors (Lipinski definition) is 1. The van der Waals surface area contributed by atoms with Crippen molar-refractivity contribution in [2.75, 3.05) is 0 Å². The van der Waals surface area contributed by atoms with Crippen LogP contribution in [0.15, 0.2) is 29.4 Å². The highest BCUT2D eigenvalue weighted by molar-refractivity contribution is 5.96. The first-order valence-electron chi connectivity index (χ1n) is 6.77. The molecule has 0 aliphatic heterocycles. The molecule has 0 atom stereocenters. The third-order valence-corrected chi connectivity index (χ3v) is 3.32. The van der Waals surface area contributed by atoms with Gasteiger partial charge in [-0.1, -0.05) is 18.9 Å². The Labute approximate surface area is 117 Å². The van der Waals surface area contributed by atoms with Crippen LogP contribution < -0.4 is 5.43 Å². The van der Waals surface area contributed by atoms with Crippen LogP contribution >= 0.6 is 0 Å². The van der Waals surface area contributed by atoms with Crippen molar-refractivity contribution < 1.29 is 9.72 Å². The Morgan fingerprint density at radius 1 is 1.20 bits per heavy atom. The minimum atomic E-state index is -0.520. The van der Waals surface area contributed by atoms with Crippen molar-refractivity contribution in [2.24, 2.45) is 5.10 Å². The van der Waals surface area contributed by atoms with Crippen LogP contribution in [0.2, 0.25) is 0 Å². The van der Waals surface area contributed by atoms with Gasteiger partial charge in [-0.3, -0.25) is 14.9 Å². The molecule has 0 spiro atoms. The average molecular weight is 275 g/mol. The monoisotopic (exact) mass is 275 g/mol. The van der Waals surface area contributed by atoms with E-state index in [1.165, 1.54) is 37.1 Å². The molecule has 0 radical (unpaired) electrons. The quantitative estimate of drug-likeness (QED) is 0.522. The fraction of sp³-hybridized carbons (Fsp3) is 0.429. The molecule has 1 aliphatic rings. The number of nitro groups is 1. The van der Waals surface area contributed by atoms with Crippen LogP contribution in [0, 0.1) is 10.1 Å². The van der Waals surface area contributed by atoms with Gasteiger partial charge in [0, 0.05) is 23.4 Å². The molecule has 6 nitrogen and oxygen atoms in total. The van der Waals surface area contributed by atoms with Crippen LogP contribution in [0.3, 0.4) is 0 Å². The van der Waals surface area contributed by atoms with Gasteiger partial charge in [-0.05, 0) is 31.7 Å². The second-order valence-electron chi connectivity index (χ2n) is 4.84. The molecule has 106 valence electrons. The fourth-order valence-electron chi connectivity index (χ4n) is 2.20. The van der Waals surface area contributed by atoms with Crippen LogP contribution in [0.25, 0.3) is 0 Å². The van der Waals surface area contributed by atoms with Crippen molar-refractivity contribution in [2.45, 2.75) is 38.5 Å². The standard InChI is InChI=1S/C14H17N3O3/c18-14(11-6-5-9-13(10-11)17(19)20)16-15-12-7-3-1-2-4-8-12/h5-6,9-10H,1-4,7-8H2,(H,16,18). The first-order valence-corrected chi connectivity index (χ1v) is 6.77. The van der Waals surface area contributed by atoms with Gasteiger partial charge in [-0.25, -0.2) is 5.43 Å². The van der Waals surface area contributed by atoms with Gasteiger partial charge in [0.05, 0.1) is 4.92 Å². The van der Waals surface area contributed by atoms with Gasteiger partial charge in [0.15, 0.2) is 0 Å². The highest BCUT2D eigenvalue weighted by atomic mass is 16.6. The van der Waals surface area contributed by atoms with E-state index in [-0.39, 0.29) is 11.3 Å². The van der Waals surface area contributed by atoms with E-state index in [0.717, 1.165) is 31.4 Å². The third-order valence-electron chi connectivity index (χ3n) is 3.32. The number of nitrogens with one attached hydrogen (secondary N) is 1. The Hall–Kier alpha value is -2.24.